The Morgan fingerprint density at radius 1 is 0.814 bits per heavy atom. The minimum atomic E-state index is -4.31. The third kappa shape index (κ3) is 8.09. The average molecular weight is 659 g/mol. The second kappa shape index (κ2) is 14.3. The Labute approximate surface area is 267 Å². The van der Waals surface area contributed by atoms with Gasteiger partial charge in [-0.05, 0) is 60.5 Å². The Morgan fingerprint density at radius 2 is 1.47 bits per heavy atom. The van der Waals surface area contributed by atoms with Gasteiger partial charge in [-0.2, -0.15) is 0 Å². The van der Waals surface area contributed by atoms with Crippen LogP contribution in [0.5, 0.6) is 0 Å². The van der Waals surface area contributed by atoms with Crippen molar-refractivity contribution in [2.75, 3.05) is 17.9 Å². The monoisotopic (exact) mass is 657 g/mol. The van der Waals surface area contributed by atoms with Gasteiger partial charge in [-0.25, -0.2) is 8.42 Å². The first-order valence-corrected chi connectivity index (χ1v) is 15.9. The molecule has 0 heterocycles. The summed E-state index contributed by atoms with van der Waals surface area (Å²) in [7, 11) is -2.82. The van der Waals surface area contributed by atoms with Crippen LogP contribution in [0, 0.1) is 6.92 Å². The van der Waals surface area contributed by atoms with Crippen LogP contribution in [-0.2, 0) is 32.6 Å². The van der Waals surface area contributed by atoms with E-state index in [9.17, 15) is 18.0 Å². The number of anilines is 1. The molecular weight excluding hydrogens is 629 g/mol. The maximum absolute atomic E-state index is 14.3. The second-order valence-corrected chi connectivity index (χ2v) is 13.0. The fourth-order valence-corrected chi connectivity index (χ4v) is 6.65. The fourth-order valence-electron chi connectivity index (χ4n) is 4.58. The number of amides is 2. The molecule has 1 N–H and O–H groups in total. The zero-order valence-electron chi connectivity index (χ0n) is 23.5. The molecule has 224 valence electrons. The summed E-state index contributed by atoms with van der Waals surface area (Å²) in [6.45, 7) is 1.18. The molecule has 0 aliphatic heterocycles. The highest BCUT2D eigenvalue weighted by molar-refractivity contribution is 7.92. The largest absolute Gasteiger partial charge is 0.357 e. The molecule has 4 rings (SSSR count). The second-order valence-electron chi connectivity index (χ2n) is 9.89. The first kappa shape index (κ1) is 32.4. The van der Waals surface area contributed by atoms with Crippen LogP contribution in [0.1, 0.15) is 16.7 Å². The number of nitrogens with zero attached hydrogens (tertiary/aromatic N) is 2. The van der Waals surface area contributed by atoms with Gasteiger partial charge in [0.05, 0.1) is 15.6 Å². The minimum Gasteiger partial charge on any atom is -0.357 e. The first-order valence-electron chi connectivity index (χ1n) is 13.3. The van der Waals surface area contributed by atoms with Gasteiger partial charge < -0.3 is 10.2 Å². The van der Waals surface area contributed by atoms with Crippen LogP contribution < -0.4 is 9.62 Å². The molecule has 0 aliphatic carbocycles. The summed E-state index contributed by atoms with van der Waals surface area (Å²) < 4.78 is 29.1. The molecule has 0 radical (unpaired) electrons. The Bertz CT molecular complexity index is 1700. The predicted octanol–water partition coefficient (Wildman–Crippen LogP) is 6.54. The van der Waals surface area contributed by atoms with Crippen molar-refractivity contribution in [3.8, 4) is 0 Å². The number of halogens is 3. The summed E-state index contributed by atoms with van der Waals surface area (Å²) >= 11 is 19.0. The van der Waals surface area contributed by atoms with Gasteiger partial charge >= 0.3 is 0 Å². The first-order chi connectivity index (χ1) is 20.5. The summed E-state index contributed by atoms with van der Waals surface area (Å²) in [6.07, 6.45) is 0.190. The predicted molar refractivity (Wildman–Crippen MR) is 172 cm³/mol. The van der Waals surface area contributed by atoms with Crippen LogP contribution >= 0.6 is 34.8 Å². The molecule has 7 nitrogen and oxygen atoms in total. The van der Waals surface area contributed by atoms with E-state index in [1.165, 1.54) is 42.3 Å². The molecule has 0 saturated carbocycles. The molecule has 43 heavy (non-hydrogen) atoms. The van der Waals surface area contributed by atoms with E-state index in [0.717, 1.165) is 15.4 Å². The molecule has 4 aromatic carbocycles. The van der Waals surface area contributed by atoms with Gasteiger partial charge in [0.2, 0.25) is 11.8 Å². The number of likely N-dealkylation sites (N-methyl/N-ethyl adjacent to an activating group) is 1. The van der Waals surface area contributed by atoms with Gasteiger partial charge in [0.25, 0.3) is 10.0 Å². The van der Waals surface area contributed by atoms with E-state index >= 15 is 0 Å². The number of nitrogens with one attached hydrogen (secondary N) is 1. The van der Waals surface area contributed by atoms with Crippen molar-refractivity contribution < 1.29 is 18.0 Å². The van der Waals surface area contributed by atoms with Crippen molar-refractivity contribution in [1.82, 2.24) is 10.2 Å². The lowest BCUT2D eigenvalue weighted by molar-refractivity contribution is -0.139. The van der Waals surface area contributed by atoms with E-state index in [2.05, 4.69) is 5.32 Å². The van der Waals surface area contributed by atoms with Crippen LogP contribution in [0.15, 0.2) is 102 Å². The van der Waals surface area contributed by atoms with E-state index in [0.29, 0.717) is 10.6 Å². The van der Waals surface area contributed by atoms with Crippen LogP contribution in [0.25, 0.3) is 0 Å². The molecule has 4 aromatic rings. The van der Waals surface area contributed by atoms with E-state index in [4.69, 9.17) is 34.8 Å². The van der Waals surface area contributed by atoms with E-state index in [1.54, 1.807) is 36.4 Å². The van der Waals surface area contributed by atoms with Gasteiger partial charge in [0.1, 0.15) is 12.6 Å². The normalized spacial score (nSPS) is 11.9. The average Bonchev–Trinajstić information content (AvgIpc) is 2.99. The topological polar surface area (TPSA) is 86.8 Å². The molecule has 2 amide bonds. The molecule has 0 aliphatic rings. The summed E-state index contributed by atoms with van der Waals surface area (Å²) in [4.78, 5) is 29.0. The van der Waals surface area contributed by atoms with Gasteiger partial charge in [-0.15, -0.1) is 0 Å². The maximum Gasteiger partial charge on any atom is 0.264 e. The number of hydrogen-bond donors (Lipinski definition) is 1. The number of sulfonamides is 1. The van der Waals surface area contributed by atoms with E-state index in [-0.39, 0.29) is 33.6 Å². The van der Waals surface area contributed by atoms with Crippen LogP contribution in [-0.4, -0.2) is 44.8 Å². The van der Waals surface area contributed by atoms with E-state index in [1.807, 2.05) is 37.3 Å². The number of carbonyl (C=O) groups is 2. The molecular formula is C32H30Cl3N3O4S. The van der Waals surface area contributed by atoms with Crippen molar-refractivity contribution >= 4 is 62.3 Å². The van der Waals surface area contributed by atoms with Gasteiger partial charge in [0.15, 0.2) is 0 Å². The third-order valence-corrected chi connectivity index (χ3v) is 9.39. The molecule has 0 bridgehead atoms. The minimum absolute atomic E-state index is 0.00793. The molecule has 0 spiro atoms. The zero-order valence-corrected chi connectivity index (χ0v) is 26.6. The summed E-state index contributed by atoms with van der Waals surface area (Å²) in [5.41, 5.74) is 2.38. The molecule has 0 unspecified atom stereocenters. The van der Waals surface area contributed by atoms with Gasteiger partial charge in [-0.3, -0.25) is 13.9 Å². The molecule has 0 fully saturated rings. The molecule has 11 heteroatoms. The van der Waals surface area contributed by atoms with Crippen molar-refractivity contribution in [2.24, 2.45) is 0 Å². The van der Waals surface area contributed by atoms with Crippen LogP contribution in [0.4, 0.5) is 5.69 Å². The summed E-state index contributed by atoms with van der Waals surface area (Å²) in [5.74, 6) is -1.04. The number of aryl methyl sites for hydroxylation is 1. The quantitative estimate of drug-likeness (QED) is 0.198. The highest BCUT2D eigenvalue weighted by Gasteiger charge is 2.35. The van der Waals surface area contributed by atoms with Crippen LogP contribution in [0.2, 0.25) is 15.1 Å². The maximum atomic E-state index is 14.3. The lowest BCUT2D eigenvalue weighted by Gasteiger charge is -2.34. The number of benzene rings is 4. The van der Waals surface area contributed by atoms with Crippen molar-refractivity contribution in [1.29, 1.82) is 0 Å². The zero-order chi connectivity index (χ0) is 31.1. The molecule has 1 atom stereocenters. The molecule has 0 aromatic heterocycles. The smallest absolute Gasteiger partial charge is 0.264 e. The van der Waals surface area contributed by atoms with E-state index < -0.39 is 34.4 Å². The van der Waals surface area contributed by atoms with Crippen molar-refractivity contribution in [3.05, 3.63) is 129 Å². The summed E-state index contributed by atoms with van der Waals surface area (Å²) in [5, 5.41) is 3.43. The van der Waals surface area contributed by atoms with Crippen molar-refractivity contribution in [3.63, 3.8) is 0 Å². The SMILES string of the molecule is CNC(=O)[C@H](Cc1ccccc1)N(Cc1cccc(Cl)c1)C(=O)CN(c1cc(Cl)ccc1Cl)S(=O)(=O)c1ccc(C)cc1. The number of rotatable bonds is 11. The number of hydrogen-bond acceptors (Lipinski definition) is 4. The Hall–Kier alpha value is -3.56. The van der Waals surface area contributed by atoms with Gasteiger partial charge in [0, 0.05) is 30.1 Å². The Kier molecular flexibility index (Phi) is 10.7. The number of carbonyl (C=O) groups excluding carboxylic acids is 2. The summed E-state index contributed by atoms with van der Waals surface area (Å²) in [6, 6.07) is 25.9. The van der Waals surface area contributed by atoms with Crippen molar-refractivity contribution in [2.45, 2.75) is 30.8 Å². The molecule has 0 saturated heterocycles. The lowest BCUT2D eigenvalue weighted by Crippen LogP contribution is -2.53. The Morgan fingerprint density at radius 3 is 2.12 bits per heavy atom. The fraction of sp³-hybridized carbons (Fsp3) is 0.188. The highest BCUT2D eigenvalue weighted by atomic mass is 35.5. The Balaban J connectivity index is 1.82. The van der Waals surface area contributed by atoms with Crippen LogP contribution in [0.3, 0.4) is 0 Å². The lowest BCUT2D eigenvalue weighted by atomic mass is 10.0. The highest BCUT2D eigenvalue weighted by Crippen LogP contribution is 2.33. The third-order valence-electron chi connectivity index (χ3n) is 6.82. The van der Waals surface area contributed by atoms with Gasteiger partial charge in [-0.1, -0.05) is 95.0 Å². The standard InChI is InChI=1S/C32H30Cl3N3O4S/c1-22-11-14-27(15-12-22)43(41,42)38(29-19-26(34)13-16-28(29)35)21-31(39)37(20-24-9-6-10-25(33)17-24)30(32(40)36-2)18-23-7-4-3-5-8-23/h3-17,19,30H,18,20-21H2,1-2H3,(H,36,40)/t30-/m0/s1.